The molecule has 246 valence electrons. The summed E-state index contributed by atoms with van der Waals surface area (Å²) in [7, 11) is 0. The maximum atomic E-state index is 15.2. The molecule has 0 radical (unpaired) electrons. The van der Waals surface area contributed by atoms with E-state index in [-0.39, 0.29) is 0 Å². The van der Waals surface area contributed by atoms with Crippen LogP contribution in [0.4, 0.5) is 92.2 Å². The van der Waals surface area contributed by atoms with Crippen LogP contribution in [0.25, 0.3) is 0 Å². The zero-order valence-electron chi connectivity index (χ0n) is 19.6. The Kier molecular flexibility index (Phi) is 10.5. The topological polar surface area (TPSA) is 9.23 Å². The van der Waals surface area contributed by atoms with Crippen molar-refractivity contribution >= 4 is 18.8 Å². The average Bonchev–Trinajstić information content (AvgIpc) is 2.68. The van der Waals surface area contributed by atoms with Gasteiger partial charge in [-0.05, 0) is 0 Å². The zero-order chi connectivity index (χ0) is 33.6. The number of hydrogen-bond donors (Lipinski definition) is 0. The Morgan fingerprint density at radius 3 is 0.929 bits per heavy atom. The molecule has 0 saturated carbocycles. The van der Waals surface area contributed by atoms with Crippen LogP contribution in [0.3, 0.4) is 0 Å². The molecule has 0 heterocycles. The number of alkyl halides is 21. The van der Waals surface area contributed by atoms with Gasteiger partial charge >= 0.3 is 224 Å². The summed E-state index contributed by atoms with van der Waals surface area (Å²) in [5.74, 6) is -22.7. The van der Waals surface area contributed by atoms with E-state index in [2.05, 4.69) is 3.07 Å². The fraction of sp³-hybridized carbons (Fsp3) is 0.684. The van der Waals surface area contributed by atoms with E-state index in [4.69, 9.17) is 0 Å². The van der Waals surface area contributed by atoms with Gasteiger partial charge in [-0.2, -0.15) is 0 Å². The summed E-state index contributed by atoms with van der Waals surface area (Å²) >= 11 is -11.8. The molecule has 0 N–H and O–H groups in total. The van der Waals surface area contributed by atoms with Gasteiger partial charge in [0.2, 0.25) is 0 Å². The molecule has 23 heteroatoms. The van der Waals surface area contributed by atoms with E-state index in [9.17, 15) is 65.9 Å². The molecule has 1 nitrogen and oxygen atoms in total. The molecule has 0 atom stereocenters. The van der Waals surface area contributed by atoms with E-state index in [1.165, 1.54) is 0 Å². The van der Waals surface area contributed by atoms with Crippen molar-refractivity contribution in [1.29, 1.82) is 0 Å². The van der Waals surface area contributed by atoms with E-state index < -0.39 is 98.3 Å². The van der Waals surface area contributed by atoms with E-state index >= 15 is 26.3 Å². The molecular weight excluding hydrogens is 762 g/mol. The summed E-state index contributed by atoms with van der Waals surface area (Å²) in [6.07, 6.45) is -33.7. The first-order valence-corrected chi connectivity index (χ1v) is 15.8. The summed E-state index contributed by atoms with van der Waals surface area (Å²) < 4.78 is 269. The molecule has 0 spiro atoms. The van der Waals surface area contributed by atoms with Crippen molar-refractivity contribution in [1.82, 2.24) is 0 Å². The summed E-state index contributed by atoms with van der Waals surface area (Å²) in [6.45, 7) is -2.58. The average molecular weight is 775 g/mol. The molecule has 0 aliphatic carbocycles. The Labute approximate surface area is 224 Å². The predicted molar refractivity (Wildman–Crippen MR) is 98.7 cm³/mol. The van der Waals surface area contributed by atoms with Crippen molar-refractivity contribution in [2.45, 2.75) is 74.0 Å². The normalized spacial score (nSPS) is 15.7. The molecule has 0 aliphatic rings. The van der Waals surface area contributed by atoms with Crippen LogP contribution in [-0.2, 0) is 9.68 Å². The number of rotatable bonds is 12. The van der Waals surface area contributed by atoms with Crippen LogP contribution in [0.2, 0.25) is 0 Å². The molecule has 0 unspecified atom stereocenters. The van der Waals surface area contributed by atoms with Crippen molar-refractivity contribution in [3.63, 3.8) is 0 Å². The fourth-order valence-electron chi connectivity index (χ4n) is 3.49. The molecule has 0 bridgehead atoms. The van der Waals surface area contributed by atoms with Crippen LogP contribution in [0.15, 0.2) is 30.3 Å². The monoisotopic (exact) mass is 776 g/mol. The predicted octanol–water partition coefficient (Wildman–Crippen LogP) is 9.44. The van der Waals surface area contributed by atoms with Crippen molar-refractivity contribution in [3.8, 4) is 0 Å². The van der Waals surface area contributed by atoms with Crippen LogP contribution in [0, 0.1) is 0 Å². The van der Waals surface area contributed by atoms with Crippen LogP contribution in [0.5, 0.6) is 0 Å². The van der Waals surface area contributed by atoms with Crippen molar-refractivity contribution in [2.75, 3.05) is 0 Å². The van der Waals surface area contributed by atoms with Crippen molar-refractivity contribution in [3.05, 3.63) is 35.9 Å². The zero-order valence-corrected chi connectivity index (χ0v) is 22.4. The van der Waals surface area contributed by atoms with E-state index in [0.29, 0.717) is 12.1 Å². The van der Waals surface area contributed by atoms with Crippen LogP contribution >= 0.6 is 0 Å². The summed E-state index contributed by atoms with van der Waals surface area (Å²) in [5.41, 5.74) is -1.10. The SMILES string of the molecule is FC(F)(F)CC(F)(F)[C](F)(F)[Sn]([O]Cc1ccccc1)([C](F)(F)C(F)(F)CC(F)(F)F)[C](F)(F)C(F)(F)CC(F)(F)F. The van der Waals surface area contributed by atoms with Gasteiger partial charge in [-0.1, -0.05) is 0 Å². The third kappa shape index (κ3) is 7.59. The second-order valence-corrected chi connectivity index (χ2v) is 18.8. The van der Waals surface area contributed by atoms with Crippen molar-refractivity contribution in [2.24, 2.45) is 0 Å². The van der Waals surface area contributed by atoms with Crippen molar-refractivity contribution < 1.29 is 95.3 Å². The molecule has 1 aromatic carbocycles. The molecule has 1 aromatic rings. The Morgan fingerprint density at radius 1 is 0.429 bits per heavy atom. The van der Waals surface area contributed by atoms with E-state index in [0.717, 1.165) is 18.2 Å². The first-order valence-electron chi connectivity index (χ1n) is 10.3. The Hall–Kier alpha value is -1.49. The van der Waals surface area contributed by atoms with Gasteiger partial charge in [0.25, 0.3) is 0 Å². The number of hydrogen-bond acceptors (Lipinski definition) is 1. The second-order valence-electron chi connectivity index (χ2n) is 8.67. The van der Waals surface area contributed by atoms with Gasteiger partial charge in [-0.25, -0.2) is 0 Å². The van der Waals surface area contributed by atoms with Gasteiger partial charge in [0.15, 0.2) is 0 Å². The summed E-state index contributed by atoms with van der Waals surface area (Å²) in [6, 6.07) is 3.25. The molecule has 0 aliphatic heterocycles. The molecule has 0 fully saturated rings. The van der Waals surface area contributed by atoms with Gasteiger partial charge in [0.1, 0.15) is 0 Å². The van der Waals surface area contributed by atoms with Gasteiger partial charge in [0, 0.05) is 0 Å². The molecule has 0 amide bonds. The molecule has 42 heavy (non-hydrogen) atoms. The van der Waals surface area contributed by atoms with E-state index in [1.807, 2.05) is 0 Å². The first kappa shape index (κ1) is 38.5. The maximum absolute atomic E-state index is 15.2. The second kappa shape index (κ2) is 11.5. The minimum absolute atomic E-state index is 0.431. The first-order chi connectivity index (χ1) is 18.2. The third-order valence-electron chi connectivity index (χ3n) is 5.27. The summed E-state index contributed by atoms with van der Waals surface area (Å²) in [4.78, 5) is 0. The Bertz CT molecular complexity index is 943. The Balaban J connectivity index is 4.40. The Morgan fingerprint density at radius 2 is 0.690 bits per heavy atom. The van der Waals surface area contributed by atoms with Gasteiger partial charge < -0.3 is 0 Å². The molecule has 1 rings (SSSR count). The molecule has 0 aromatic heterocycles. The third-order valence-corrected chi connectivity index (χ3v) is 17.6. The number of halogens is 21. The van der Waals surface area contributed by atoms with Gasteiger partial charge in [-0.3, -0.25) is 0 Å². The van der Waals surface area contributed by atoms with Gasteiger partial charge in [-0.15, -0.1) is 0 Å². The standard InChI is InChI=1S/C7H7O.3C4H2F7.Sn/c8-6-7-4-2-1-3-5-7;3*5-2(6)3(7,8)1-4(9,10)11;/h1-5H,6H2;3*1H2;/q-1;;;;+1. The molecule has 0 saturated heterocycles. The van der Waals surface area contributed by atoms with Crippen LogP contribution in [-0.4, -0.2) is 66.9 Å². The van der Waals surface area contributed by atoms with Crippen LogP contribution < -0.4 is 0 Å². The van der Waals surface area contributed by atoms with E-state index in [1.54, 1.807) is 0 Å². The van der Waals surface area contributed by atoms with Gasteiger partial charge in [0.05, 0.1) is 0 Å². The summed E-state index contributed by atoms with van der Waals surface area (Å²) in [5, 5.41) is 0. The fourth-order valence-corrected chi connectivity index (χ4v) is 14.7. The quantitative estimate of drug-likeness (QED) is 0.152. The van der Waals surface area contributed by atoms with Crippen LogP contribution in [0.1, 0.15) is 24.8 Å². The number of benzene rings is 1. The minimum atomic E-state index is -11.8. The molecular formula is C19H13F21OSn.